The molecule has 0 aromatic heterocycles. The Labute approximate surface area is 338 Å². The Kier molecular flexibility index (Phi) is 12.6. The highest BCUT2D eigenvalue weighted by molar-refractivity contribution is 5.87. The molecule has 8 rings (SSSR count). The molecule has 13 heteroatoms. The predicted molar refractivity (Wildman–Crippen MR) is 212 cm³/mol. The van der Waals surface area contributed by atoms with Gasteiger partial charge in [0.25, 0.3) is 0 Å². The van der Waals surface area contributed by atoms with E-state index >= 15 is 0 Å². The summed E-state index contributed by atoms with van der Waals surface area (Å²) in [5, 5.41) is 53.2. The normalized spacial score (nSPS) is 51.6. The van der Waals surface area contributed by atoms with Crippen LogP contribution < -0.4 is 22.1 Å². The lowest BCUT2D eigenvalue weighted by Crippen LogP contribution is -2.72. The number of carbonyl (C=O) groups is 2. The van der Waals surface area contributed by atoms with Crippen LogP contribution in [-0.4, -0.2) is 113 Å². The Morgan fingerprint density at radius 1 is 0.912 bits per heavy atom. The maximum atomic E-state index is 14.3. The molecule has 5 saturated heterocycles. The molecule has 322 valence electrons. The summed E-state index contributed by atoms with van der Waals surface area (Å²) in [6, 6.07) is 0. The van der Waals surface area contributed by atoms with Gasteiger partial charge in [0.2, 0.25) is 0 Å². The van der Waals surface area contributed by atoms with Crippen LogP contribution in [0.25, 0.3) is 0 Å². The Morgan fingerprint density at radius 3 is 2.40 bits per heavy atom. The fourth-order valence-corrected chi connectivity index (χ4v) is 14.3. The summed E-state index contributed by atoms with van der Waals surface area (Å²) in [6.07, 6.45) is 5.89. The third-order valence-corrected chi connectivity index (χ3v) is 17.2. The van der Waals surface area contributed by atoms with Gasteiger partial charge >= 0.3 is 5.97 Å². The second-order valence-electron chi connectivity index (χ2n) is 20.0. The van der Waals surface area contributed by atoms with Crippen molar-refractivity contribution in [1.29, 1.82) is 0 Å². The van der Waals surface area contributed by atoms with E-state index in [2.05, 4.69) is 17.6 Å². The molecule has 0 radical (unpaired) electrons. The summed E-state index contributed by atoms with van der Waals surface area (Å²) >= 11 is 0. The summed E-state index contributed by atoms with van der Waals surface area (Å²) in [6.45, 7) is 6.80. The highest BCUT2D eigenvalue weighted by Crippen LogP contribution is 2.61. The summed E-state index contributed by atoms with van der Waals surface area (Å²) in [5.74, 6) is -1.94. The largest absolute Gasteiger partial charge is 0.456 e. The van der Waals surface area contributed by atoms with Crippen molar-refractivity contribution in [1.82, 2.24) is 10.6 Å². The number of piperidine rings is 2. The first-order valence-corrected chi connectivity index (χ1v) is 22.6. The SMILES string of the molecule is CC=C(C)C(=O)O[C@H]1CC2C(O)C3C(=O)CC(CO)OC3C3C2O[C@@]1(C)[C@H](CC1CCC(N)NC1)CC1CCC2CCC(O)CC2C(CO)C3C2CCNC(N)C12. The molecule has 21 atom stereocenters. The molecule has 0 spiro atoms. The number of nitrogens with two attached hydrogens (primary N) is 2. The van der Waals surface area contributed by atoms with Crippen molar-refractivity contribution in [2.75, 3.05) is 26.3 Å². The third kappa shape index (κ3) is 7.71. The van der Waals surface area contributed by atoms with Gasteiger partial charge in [-0.1, -0.05) is 6.08 Å². The van der Waals surface area contributed by atoms with Crippen LogP contribution >= 0.6 is 0 Å². The molecule has 0 aromatic carbocycles. The van der Waals surface area contributed by atoms with Gasteiger partial charge in [-0.15, -0.1) is 0 Å². The van der Waals surface area contributed by atoms with Crippen molar-refractivity contribution in [3.8, 4) is 0 Å². The van der Waals surface area contributed by atoms with E-state index in [4.69, 9.17) is 25.7 Å². The van der Waals surface area contributed by atoms with E-state index in [9.17, 15) is 30.0 Å². The molecule has 8 aliphatic rings. The van der Waals surface area contributed by atoms with E-state index in [1.54, 1.807) is 13.0 Å². The Balaban J connectivity index is 1.34. The first kappa shape index (κ1) is 42.2. The minimum absolute atomic E-state index is 0.00533. The fraction of sp³-hybridized carbons (Fsp3) is 0.909. The van der Waals surface area contributed by atoms with Crippen molar-refractivity contribution in [2.45, 2.75) is 152 Å². The van der Waals surface area contributed by atoms with Crippen LogP contribution in [0, 0.1) is 71.0 Å². The Morgan fingerprint density at radius 2 is 1.68 bits per heavy atom. The van der Waals surface area contributed by atoms with Gasteiger partial charge in [-0.05, 0) is 158 Å². The third-order valence-electron chi connectivity index (χ3n) is 17.2. The summed E-state index contributed by atoms with van der Waals surface area (Å²) in [5.41, 5.74) is 13.1. The smallest absolute Gasteiger partial charge is 0.333 e. The van der Waals surface area contributed by atoms with Crippen LogP contribution in [0.4, 0.5) is 0 Å². The first-order valence-electron chi connectivity index (χ1n) is 22.6. The lowest BCUT2D eigenvalue weighted by atomic mass is 9.50. The van der Waals surface area contributed by atoms with Gasteiger partial charge in [0.1, 0.15) is 17.5 Å². The van der Waals surface area contributed by atoms with E-state index in [0.717, 1.165) is 70.9 Å². The molecule has 0 amide bonds. The molecule has 4 bridgehead atoms. The number of aliphatic hydroxyl groups excluding tert-OH is 4. The lowest BCUT2D eigenvalue weighted by molar-refractivity contribution is -0.311. The number of esters is 1. The van der Waals surface area contributed by atoms with Crippen molar-refractivity contribution in [2.24, 2.45) is 82.5 Å². The van der Waals surface area contributed by atoms with Gasteiger partial charge in [0, 0.05) is 30.4 Å². The maximum absolute atomic E-state index is 14.3. The molecular weight excluding hydrogens is 729 g/mol. The molecule has 5 aliphatic heterocycles. The van der Waals surface area contributed by atoms with Gasteiger partial charge in [0.15, 0.2) is 0 Å². The second-order valence-corrected chi connectivity index (χ2v) is 20.0. The molecule has 3 saturated carbocycles. The van der Waals surface area contributed by atoms with Gasteiger partial charge in [-0.25, -0.2) is 4.79 Å². The Hall–Kier alpha value is -1.52. The fourth-order valence-electron chi connectivity index (χ4n) is 14.3. The number of hydrogen-bond acceptors (Lipinski definition) is 13. The molecule has 5 heterocycles. The standard InChI is InChI=1S/C44H72N4O9/c1-4-21(2)43(54)56-33-17-30-39(53)37-32(52)16-27(19-49)55-41(37)38-36-28-11-12-47-42(46)35(28)24(7-6-23-8-9-26(51)15-29(23)31(36)20-50)14-25(44(33,3)57-40(30)38)13-22-5-10-34(45)48-18-22/h4,22-31,33-42,47-51,53H,5-20,45-46H2,1-3H3/t22?,23?,24?,25-,26?,27?,28?,29?,30?,31?,33+,34?,35?,36?,37?,38?,39?,40?,41?,42?,44+/m1/s1. The number of aliphatic hydroxyl groups is 4. The number of allylic oxidation sites excluding steroid dienone is 1. The first-order chi connectivity index (χ1) is 27.4. The quantitative estimate of drug-likeness (QED) is 0.143. The van der Waals surface area contributed by atoms with Crippen molar-refractivity contribution in [3.63, 3.8) is 0 Å². The number of fused-ring (bicyclic) bond motifs is 5. The van der Waals surface area contributed by atoms with Crippen LogP contribution in [0.3, 0.4) is 0 Å². The van der Waals surface area contributed by atoms with E-state index < -0.39 is 65.9 Å². The van der Waals surface area contributed by atoms with Gasteiger partial charge < -0.3 is 56.7 Å². The van der Waals surface area contributed by atoms with Gasteiger partial charge in [-0.2, -0.15) is 0 Å². The minimum atomic E-state index is -1.12. The van der Waals surface area contributed by atoms with Crippen molar-refractivity contribution >= 4 is 11.8 Å². The number of ketones is 1. The van der Waals surface area contributed by atoms with Crippen LogP contribution in [0.15, 0.2) is 11.6 Å². The van der Waals surface area contributed by atoms with E-state index in [1.807, 2.05) is 6.92 Å². The van der Waals surface area contributed by atoms with Crippen LogP contribution in [-0.2, 0) is 23.8 Å². The molecule has 57 heavy (non-hydrogen) atoms. The van der Waals surface area contributed by atoms with Gasteiger partial charge in [0.05, 0.1) is 55.4 Å². The molecule has 3 aliphatic carbocycles. The summed E-state index contributed by atoms with van der Waals surface area (Å²) < 4.78 is 21.2. The molecular formula is C44H72N4O9. The predicted octanol–water partition coefficient (Wildman–Crippen LogP) is 1.97. The highest BCUT2D eigenvalue weighted by Gasteiger charge is 2.67. The molecule has 13 nitrogen and oxygen atoms in total. The zero-order valence-electron chi connectivity index (χ0n) is 34.4. The summed E-state index contributed by atoms with van der Waals surface area (Å²) in [4.78, 5) is 28.1. The second kappa shape index (κ2) is 17.1. The number of hydrogen-bond donors (Lipinski definition) is 8. The lowest BCUT2D eigenvalue weighted by Gasteiger charge is -2.63. The van der Waals surface area contributed by atoms with E-state index in [1.165, 1.54) is 0 Å². The topological polar surface area (TPSA) is 219 Å². The molecule has 10 N–H and O–H groups in total. The number of nitrogens with one attached hydrogen (secondary N) is 2. The summed E-state index contributed by atoms with van der Waals surface area (Å²) in [7, 11) is 0. The zero-order valence-corrected chi connectivity index (χ0v) is 34.4. The minimum Gasteiger partial charge on any atom is -0.456 e. The van der Waals surface area contributed by atoms with Crippen molar-refractivity contribution < 1.29 is 44.2 Å². The van der Waals surface area contributed by atoms with E-state index in [-0.39, 0.29) is 79.2 Å². The number of ether oxygens (including phenoxy) is 3. The van der Waals surface area contributed by atoms with Crippen LogP contribution in [0.1, 0.15) is 97.8 Å². The monoisotopic (exact) mass is 801 g/mol. The number of carbonyl (C=O) groups excluding carboxylic acids is 2. The van der Waals surface area contributed by atoms with Crippen LogP contribution in [0.2, 0.25) is 0 Å². The highest BCUT2D eigenvalue weighted by atomic mass is 16.6. The average molecular weight is 801 g/mol. The molecule has 8 fully saturated rings. The zero-order chi connectivity index (χ0) is 40.3. The van der Waals surface area contributed by atoms with Crippen molar-refractivity contribution in [3.05, 3.63) is 11.6 Å². The number of Topliss-reactive ketones (excluding diaryl/α,β-unsaturated/α-hetero) is 1. The van der Waals surface area contributed by atoms with Crippen LogP contribution in [0.5, 0.6) is 0 Å². The van der Waals surface area contributed by atoms with Gasteiger partial charge in [-0.3, -0.25) is 4.79 Å². The van der Waals surface area contributed by atoms with E-state index in [0.29, 0.717) is 30.3 Å². The Bertz CT molecular complexity index is 1480. The maximum Gasteiger partial charge on any atom is 0.333 e. The molecule has 18 unspecified atom stereocenters. The molecule has 0 aromatic rings. The average Bonchev–Trinajstić information content (AvgIpc) is 3.24. The number of rotatable bonds is 6.